The standard InChI is InChI=1S/C16H30N4O3S2/c1-4-17-16(18-8-6-11-23-13-14(2)3)19-9-10-20-25(21,22)15-7-5-12-24-15/h5,7,12,14,20H,4,6,8-11,13H2,1-3H3,(H2,17,18,19). The molecule has 0 fully saturated rings. The van der Waals surface area contributed by atoms with Crippen LogP contribution < -0.4 is 15.4 Å². The summed E-state index contributed by atoms with van der Waals surface area (Å²) in [6.45, 7) is 9.86. The van der Waals surface area contributed by atoms with E-state index < -0.39 is 10.0 Å². The predicted molar refractivity (Wildman–Crippen MR) is 104 cm³/mol. The lowest BCUT2D eigenvalue weighted by atomic mass is 10.2. The van der Waals surface area contributed by atoms with Crippen molar-refractivity contribution in [2.75, 3.05) is 39.4 Å². The molecule has 0 aliphatic rings. The molecule has 0 radical (unpaired) electrons. The first kappa shape index (κ1) is 21.9. The van der Waals surface area contributed by atoms with Gasteiger partial charge >= 0.3 is 0 Å². The minimum absolute atomic E-state index is 0.294. The minimum atomic E-state index is -3.41. The van der Waals surface area contributed by atoms with E-state index in [0.717, 1.165) is 19.6 Å². The number of nitrogens with one attached hydrogen (secondary N) is 3. The fourth-order valence-corrected chi connectivity index (χ4v) is 3.94. The quantitative estimate of drug-likeness (QED) is 0.287. The van der Waals surface area contributed by atoms with Crippen LogP contribution in [0, 0.1) is 5.92 Å². The first-order chi connectivity index (χ1) is 12.0. The molecule has 1 aromatic rings. The van der Waals surface area contributed by atoms with Crippen molar-refractivity contribution in [3.63, 3.8) is 0 Å². The number of nitrogens with zero attached hydrogens (tertiary/aromatic N) is 1. The van der Waals surface area contributed by atoms with Crippen molar-refractivity contribution in [2.24, 2.45) is 10.9 Å². The summed E-state index contributed by atoms with van der Waals surface area (Å²) >= 11 is 1.20. The molecule has 0 saturated carbocycles. The van der Waals surface area contributed by atoms with Gasteiger partial charge in [-0.3, -0.25) is 4.99 Å². The van der Waals surface area contributed by atoms with E-state index in [1.165, 1.54) is 11.3 Å². The number of sulfonamides is 1. The lowest BCUT2D eigenvalue weighted by molar-refractivity contribution is 0.109. The van der Waals surface area contributed by atoms with E-state index in [1.54, 1.807) is 17.5 Å². The Labute approximate surface area is 155 Å². The molecule has 0 spiro atoms. The first-order valence-electron chi connectivity index (χ1n) is 8.58. The SMILES string of the molecule is CCNC(=NCCCOCC(C)C)NCCNS(=O)(=O)c1cccs1. The van der Waals surface area contributed by atoms with Crippen LogP contribution in [0.1, 0.15) is 27.2 Å². The average molecular weight is 391 g/mol. The second-order valence-corrected chi connectivity index (χ2v) is 8.78. The number of guanidine groups is 1. The van der Waals surface area contributed by atoms with E-state index in [1.807, 2.05) is 6.92 Å². The molecule has 0 atom stereocenters. The molecule has 9 heteroatoms. The van der Waals surface area contributed by atoms with Crippen molar-refractivity contribution in [3.8, 4) is 0 Å². The van der Waals surface area contributed by atoms with Crippen LogP contribution in [0.4, 0.5) is 0 Å². The average Bonchev–Trinajstić information content (AvgIpc) is 3.09. The molecule has 0 aliphatic heterocycles. The van der Waals surface area contributed by atoms with Crippen molar-refractivity contribution in [1.29, 1.82) is 0 Å². The third kappa shape index (κ3) is 9.78. The van der Waals surface area contributed by atoms with E-state index in [0.29, 0.717) is 42.3 Å². The third-order valence-electron chi connectivity index (χ3n) is 2.98. The fourth-order valence-electron chi connectivity index (χ4n) is 1.87. The normalized spacial score (nSPS) is 12.6. The minimum Gasteiger partial charge on any atom is -0.381 e. The number of thiophene rings is 1. The summed E-state index contributed by atoms with van der Waals surface area (Å²) in [4.78, 5) is 4.45. The summed E-state index contributed by atoms with van der Waals surface area (Å²) in [5, 5.41) is 8.01. The Morgan fingerprint density at radius 3 is 2.76 bits per heavy atom. The second kappa shape index (κ2) is 12.2. The molecule has 1 rings (SSSR count). The van der Waals surface area contributed by atoms with Crippen LogP contribution in [0.25, 0.3) is 0 Å². The second-order valence-electron chi connectivity index (χ2n) is 5.84. The Bertz CT molecular complexity index is 587. The summed E-state index contributed by atoms with van der Waals surface area (Å²) in [6.07, 6.45) is 0.855. The van der Waals surface area contributed by atoms with Gasteiger partial charge in [0.2, 0.25) is 10.0 Å². The number of ether oxygens (including phenoxy) is 1. The molecule has 25 heavy (non-hydrogen) atoms. The summed E-state index contributed by atoms with van der Waals surface area (Å²) in [7, 11) is -3.41. The molecule has 1 heterocycles. The molecule has 3 N–H and O–H groups in total. The molecule has 0 aromatic carbocycles. The maximum absolute atomic E-state index is 12.0. The number of aliphatic imine (C=N–C) groups is 1. The van der Waals surface area contributed by atoms with Crippen molar-refractivity contribution < 1.29 is 13.2 Å². The number of hydrogen-bond acceptors (Lipinski definition) is 5. The van der Waals surface area contributed by atoms with E-state index in [9.17, 15) is 8.42 Å². The zero-order chi connectivity index (χ0) is 18.5. The van der Waals surface area contributed by atoms with Gasteiger partial charge < -0.3 is 15.4 Å². The van der Waals surface area contributed by atoms with Gasteiger partial charge in [-0.15, -0.1) is 11.3 Å². The largest absolute Gasteiger partial charge is 0.381 e. The van der Waals surface area contributed by atoms with E-state index in [4.69, 9.17) is 4.74 Å². The first-order valence-corrected chi connectivity index (χ1v) is 10.9. The molecular formula is C16H30N4O3S2. The highest BCUT2D eigenvalue weighted by Gasteiger charge is 2.13. The highest BCUT2D eigenvalue weighted by Crippen LogP contribution is 2.14. The summed E-state index contributed by atoms with van der Waals surface area (Å²) in [6, 6.07) is 3.31. The predicted octanol–water partition coefficient (Wildman–Crippen LogP) is 1.64. The fraction of sp³-hybridized carbons (Fsp3) is 0.688. The summed E-state index contributed by atoms with van der Waals surface area (Å²) < 4.78 is 32.4. The van der Waals surface area contributed by atoms with Crippen molar-refractivity contribution in [1.82, 2.24) is 15.4 Å². The lowest BCUT2D eigenvalue weighted by Crippen LogP contribution is -2.41. The van der Waals surface area contributed by atoms with Gasteiger partial charge in [-0.1, -0.05) is 19.9 Å². The highest BCUT2D eigenvalue weighted by molar-refractivity contribution is 7.91. The van der Waals surface area contributed by atoms with Crippen molar-refractivity contribution >= 4 is 27.3 Å². The van der Waals surface area contributed by atoms with Gasteiger partial charge in [0.25, 0.3) is 0 Å². The molecule has 1 aromatic heterocycles. The van der Waals surface area contributed by atoms with Gasteiger partial charge in [0.05, 0.1) is 0 Å². The van der Waals surface area contributed by atoms with Gasteiger partial charge in [0.15, 0.2) is 5.96 Å². The van der Waals surface area contributed by atoms with E-state index in [-0.39, 0.29) is 0 Å². The molecule has 0 bridgehead atoms. The number of rotatable bonds is 12. The smallest absolute Gasteiger partial charge is 0.250 e. The van der Waals surface area contributed by atoms with Crippen LogP contribution in [0.15, 0.2) is 26.7 Å². The molecule has 0 amide bonds. The van der Waals surface area contributed by atoms with E-state index in [2.05, 4.69) is 34.2 Å². The Hall–Kier alpha value is -1.16. The van der Waals surface area contributed by atoms with Crippen LogP contribution in [-0.2, 0) is 14.8 Å². The Balaban J connectivity index is 2.27. The maximum Gasteiger partial charge on any atom is 0.250 e. The van der Waals surface area contributed by atoms with Crippen molar-refractivity contribution in [2.45, 2.75) is 31.4 Å². The Morgan fingerprint density at radius 2 is 2.12 bits per heavy atom. The zero-order valence-electron chi connectivity index (χ0n) is 15.2. The van der Waals surface area contributed by atoms with Gasteiger partial charge in [0.1, 0.15) is 4.21 Å². The maximum atomic E-state index is 12.0. The third-order valence-corrected chi connectivity index (χ3v) is 5.84. The Morgan fingerprint density at radius 1 is 1.32 bits per heavy atom. The van der Waals surface area contributed by atoms with Gasteiger partial charge in [0, 0.05) is 39.4 Å². The summed E-state index contributed by atoms with van der Waals surface area (Å²) in [5.41, 5.74) is 0. The van der Waals surface area contributed by atoms with Gasteiger partial charge in [-0.05, 0) is 30.7 Å². The topological polar surface area (TPSA) is 91.8 Å². The van der Waals surface area contributed by atoms with Crippen LogP contribution >= 0.6 is 11.3 Å². The molecule has 144 valence electrons. The lowest BCUT2D eigenvalue weighted by Gasteiger charge is -2.12. The van der Waals surface area contributed by atoms with Crippen LogP contribution in [0.2, 0.25) is 0 Å². The highest BCUT2D eigenvalue weighted by atomic mass is 32.2. The van der Waals surface area contributed by atoms with Gasteiger partial charge in [-0.2, -0.15) is 0 Å². The van der Waals surface area contributed by atoms with Crippen LogP contribution in [0.5, 0.6) is 0 Å². The molecule has 0 unspecified atom stereocenters. The monoisotopic (exact) mass is 390 g/mol. The zero-order valence-corrected chi connectivity index (χ0v) is 16.9. The molecule has 0 aliphatic carbocycles. The Kier molecular flexibility index (Phi) is 10.7. The van der Waals surface area contributed by atoms with E-state index >= 15 is 0 Å². The summed E-state index contributed by atoms with van der Waals surface area (Å²) in [5.74, 6) is 1.22. The van der Waals surface area contributed by atoms with Gasteiger partial charge in [-0.25, -0.2) is 13.1 Å². The number of hydrogen-bond donors (Lipinski definition) is 3. The molecule has 7 nitrogen and oxygen atoms in total. The van der Waals surface area contributed by atoms with Crippen molar-refractivity contribution in [3.05, 3.63) is 17.5 Å². The molecular weight excluding hydrogens is 360 g/mol. The van der Waals surface area contributed by atoms with Crippen LogP contribution in [-0.4, -0.2) is 53.8 Å². The van der Waals surface area contributed by atoms with Crippen LogP contribution in [0.3, 0.4) is 0 Å². The molecule has 0 saturated heterocycles.